The van der Waals surface area contributed by atoms with E-state index in [1.54, 1.807) is 0 Å². The minimum Gasteiger partial charge on any atom is -0.333 e. The summed E-state index contributed by atoms with van der Waals surface area (Å²) in [4.78, 5) is 4.29. The molecule has 2 aliphatic rings. The maximum Gasteiger partial charge on any atom is 0.0948 e. The molecule has 0 saturated heterocycles. The van der Waals surface area contributed by atoms with Crippen LogP contribution in [0.4, 0.5) is 0 Å². The molecule has 1 heterocycles. The number of rotatable bonds is 6. The Morgan fingerprint density at radius 2 is 2.31 bits per heavy atom. The molecule has 3 nitrogen and oxygen atoms in total. The van der Waals surface area contributed by atoms with E-state index in [1.807, 2.05) is 12.5 Å². The van der Waals surface area contributed by atoms with Crippen molar-refractivity contribution in [1.82, 2.24) is 14.9 Å². The molecule has 1 aromatic heterocycles. The number of hydrogen-bond donors (Lipinski definition) is 1. The van der Waals surface area contributed by atoms with Crippen molar-refractivity contribution in [2.75, 3.05) is 0 Å². The first kappa shape index (κ1) is 10.3. The molecule has 0 bridgehead atoms. The van der Waals surface area contributed by atoms with Gasteiger partial charge in [0.1, 0.15) is 0 Å². The standard InChI is InChI=1S/C13H21N3/c1-2-13(5-6-13)9-16-10-14-7-12(16)8-15-11-3-4-11/h7,10-11,15H,2-6,8-9H2,1H3. The molecule has 1 aromatic rings. The van der Waals surface area contributed by atoms with E-state index >= 15 is 0 Å². The molecule has 0 radical (unpaired) electrons. The second-order valence-electron chi connectivity index (χ2n) is 5.52. The fourth-order valence-corrected chi connectivity index (χ4v) is 2.34. The van der Waals surface area contributed by atoms with Crippen LogP contribution < -0.4 is 5.32 Å². The van der Waals surface area contributed by atoms with Crippen molar-refractivity contribution in [3.8, 4) is 0 Å². The Hall–Kier alpha value is -0.830. The van der Waals surface area contributed by atoms with Gasteiger partial charge in [-0.25, -0.2) is 4.98 Å². The van der Waals surface area contributed by atoms with Gasteiger partial charge in [-0.2, -0.15) is 0 Å². The first-order valence-electron chi connectivity index (χ1n) is 6.54. The van der Waals surface area contributed by atoms with Crippen LogP contribution in [0, 0.1) is 5.41 Å². The average Bonchev–Trinajstić information content (AvgIpc) is 3.19. The quantitative estimate of drug-likeness (QED) is 0.795. The minimum absolute atomic E-state index is 0.606. The average molecular weight is 219 g/mol. The molecule has 2 saturated carbocycles. The van der Waals surface area contributed by atoms with Crippen molar-refractivity contribution in [3.63, 3.8) is 0 Å². The summed E-state index contributed by atoms with van der Waals surface area (Å²) in [6, 6.07) is 0.782. The predicted octanol–water partition coefficient (Wildman–Crippen LogP) is 2.33. The predicted molar refractivity (Wildman–Crippen MR) is 64.0 cm³/mol. The molecule has 0 atom stereocenters. The third-order valence-corrected chi connectivity index (χ3v) is 4.16. The number of imidazole rings is 1. The van der Waals surface area contributed by atoms with Gasteiger partial charge in [-0.15, -0.1) is 0 Å². The van der Waals surface area contributed by atoms with E-state index in [-0.39, 0.29) is 0 Å². The summed E-state index contributed by atoms with van der Waals surface area (Å²) in [7, 11) is 0. The Bertz CT molecular complexity index is 361. The zero-order valence-corrected chi connectivity index (χ0v) is 10.1. The van der Waals surface area contributed by atoms with Gasteiger partial charge in [0.25, 0.3) is 0 Å². The van der Waals surface area contributed by atoms with E-state index in [2.05, 4.69) is 21.8 Å². The summed E-state index contributed by atoms with van der Waals surface area (Å²) >= 11 is 0. The molecule has 0 spiro atoms. The van der Waals surface area contributed by atoms with Crippen molar-refractivity contribution in [2.24, 2.45) is 5.41 Å². The highest BCUT2D eigenvalue weighted by Crippen LogP contribution is 2.50. The van der Waals surface area contributed by atoms with Gasteiger partial charge in [-0.1, -0.05) is 6.92 Å². The molecule has 16 heavy (non-hydrogen) atoms. The number of nitrogens with zero attached hydrogens (tertiary/aromatic N) is 2. The van der Waals surface area contributed by atoms with Crippen molar-refractivity contribution in [3.05, 3.63) is 18.2 Å². The SMILES string of the molecule is CCC1(Cn2cncc2CNC2CC2)CC1. The maximum absolute atomic E-state index is 4.29. The molecule has 2 aliphatic carbocycles. The summed E-state index contributed by atoms with van der Waals surface area (Å²) in [5.74, 6) is 0. The topological polar surface area (TPSA) is 29.9 Å². The number of aromatic nitrogens is 2. The minimum atomic E-state index is 0.606. The van der Waals surface area contributed by atoms with Crippen LogP contribution >= 0.6 is 0 Å². The van der Waals surface area contributed by atoms with E-state index < -0.39 is 0 Å². The Morgan fingerprint density at radius 1 is 1.50 bits per heavy atom. The lowest BCUT2D eigenvalue weighted by Crippen LogP contribution is -2.20. The second-order valence-corrected chi connectivity index (χ2v) is 5.52. The third kappa shape index (κ3) is 2.14. The van der Waals surface area contributed by atoms with Gasteiger partial charge in [0.05, 0.1) is 12.0 Å². The maximum atomic E-state index is 4.29. The zero-order chi connectivity index (χ0) is 11.0. The molecule has 88 valence electrons. The lowest BCUT2D eigenvalue weighted by molar-refractivity contribution is 0.399. The highest BCUT2D eigenvalue weighted by molar-refractivity contribution is 5.03. The Balaban J connectivity index is 1.62. The molecule has 3 heteroatoms. The monoisotopic (exact) mass is 219 g/mol. The molecule has 0 aromatic carbocycles. The summed E-state index contributed by atoms with van der Waals surface area (Å²) < 4.78 is 2.35. The van der Waals surface area contributed by atoms with Crippen molar-refractivity contribution in [2.45, 2.75) is 58.2 Å². The molecular formula is C13H21N3. The van der Waals surface area contributed by atoms with Crippen LogP contribution in [0.5, 0.6) is 0 Å². The largest absolute Gasteiger partial charge is 0.333 e. The lowest BCUT2D eigenvalue weighted by Gasteiger charge is -2.15. The fourth-order valence-electron chi connectivity index (χ4n) is 2.34. The fraction of sp³-hybridized carbons (Fsp3) is 0.769. The first-order chi connectivity index (χ1) is 7.81. The van der Waals surface area contributed by atoms with Crippen LogP contribution in [-0.2, 0) is 13.1 Å². The van der Waals surface area contributed by atoms with Gasteiger partial charge in [0.2, 0.25) is 0 Å². The smallest absolute Gasteiger partial charge is 0.0948 e. The summed E-state index contributed by atoms with van der Waals surface area (Å²) in [6.07, 6.45) is 10.8. The normalized spacial score (nSPS) is 22.3. The molecule has 0 unspecified atom stereocenters. The van der Waals surface area contributed by atoms with Crippen LogP contribution in [-0.4, -0.2) is 15.6 Å². The van der Waals surface area contributed by atoms with Gasteiger partial charge in [-0.3, -0.25) is 0 Å². The highest BCUT2D eigenvalue weighted by atomic mass is 15.1. The number of nitrogens with one attached hydrogen (secondary N) is 1. The van der Waals surface area contributed by atoms with Crippen LogP contribution in [0.1, 0.15) is 44.7 Å². The summed E-state index contributed by atoms with van der Waals surface area (Å²) in [6.45, 7) is 4.47. The third-order valence-electron chi connectivity index (χ3n) is 4.16. The highest BCUT2D eigenvalue weighted by Gasteiger charge is 2.41. The molecule has 2 fully saturated rings. The Morgan fingerprint density at radius 3 is 2.94 bits per heavy atom. The first-order valence-corrected chi connectivity index (χ1v) is 6.54. The van der Waals surface area contributed by atoms with Gasteiger partial charge >= 0.3 is 0 Å². The van der Waals surface area contributed by atoms with E-state index in [4.69, 9.17) is 0 Å². The van der Waals surface area contributed by atoms with Crippen molar-refractivity contribution < 1.29 is 0 Å². The Kier molecular flexibility index (Phi) is 2.51. The Labute approximate surface area is 97.3 Å². The second kappa shape index (κ2) is 3.88. The zero-order valence-electron chi connectivity index (χ0n) is 10.1. The molecular weight excluding hydrogens is 198 g/mol. The van der Waals surface area contributed by atoms with Crippen LogP contribution in [0.15, 0.2) is 12.5 Å². The van der Waals surface area contributed by atoms with Crippen LogP contribution in [0.3, 0.4) is 0 Å². The van der Waals surface area contributed by atoms with E-state index in [9.17, 15) is 0 Å². The van der Waals surface area contributed by atoms with Crippen molar-refractivity contribution in [1.29, 1.82) is 0 Å². The molecule has 0 amide bonds. The van der Waals surface area contributed by atoms with E-state index in [0.717, 1.165) is 12.6 Å². The molecule has 3 rings (SSSR count). The molecule has 1 N–H and O–H groups in total. The summed E-state index contributed by atoms with van der Waals surface area (Å²) in [5, 5.41) is 3.56. The van der Waals surface area contributed by atoms with E-state index in [1.165, 1.54) is 44.3 Å². The van der Waals surface area contributed by atoms with Gasteiger partial charge < -0.3 is 9.88 Å². The lowest BCUT2D eigenvalue weighted by atomic mass is 10.0. The number of hydrogen-bond acceptors (Lipinski definition) is 2. The van der Waals surface area contributed by atoms with Gasteiger partial charge in [0, 0.05) is 25.3 Å². The van der Waals surface area contributed by atoms with Crippen LogP contribution in [0.2, 0.25) is 0 Å². The van der Waals surface area contributed by atoms with Gasteiger partial charge in [-0.05, 0) is 37.5 Å². The molecule has 0 aliphatic heterocycles. The van der Waals surface area contributed by atoms with Gasteiger partial charge in [0.15, 0.2) is 0 Å². The van der Waals surface area contributed by atoms with E-state index in [0.29, 0.717) is 5.41 Å². The van der Waals surface area contributed by atoms with Crippen LogP contribution in [0.25, 0.3) is 0 Å². The van der Waals surface area contributed by atoms with Crippen molar-refractivity contribution >= 4 is 0 Å². The summed E-state index contributed by atoms with van der Waals surface area (Å²) in [5.41, 5.74) is 1.96.